The molecule has 1 atom stereocenters. The zero-order valence-electron chi connectivity index (χ0n) is 32.8. The summed E-state index contributed by atoms with van der Waals surface area (Å²) in [6, 6.07) is 11.2. The van der Waals surface area contributed by atoms with Crippen LogP contribution in [0.3, 0.4) is 0 Å². The number of piperazine rings is 1. The first-order valence-corrected chi connectivity index (χ1v) is 20.2. The van der Waals surface area contributed by atoms with Gasteiger partial charge in [0.1, 0.15) is 23.4 Å². The summed E-state index contributed by atoms with van der Waals surface area (Å²) < 4.78 is 77.5. The van der Waals surface area contributed by atoms with E-state index in [1.165, 1.54) is 30.2 Å². The normalized spacial score (nSPS) is 21.2. The van der Waals surface area contributed by atoms with Crippen molar-refractivity contribution in [2.45, 2.75) is 63.2 Å². The van der Waals surface area contributed by atoms with Gasteiger partial charge in [-0.25, -0.2) is 8.78 Å². The van der Waals surface area contributed by atoms with E-state index in [2.05, 4.69) is 15.1 Å². The van der Waals surface area contributed by atoms with E-state index in [1.807, 2.05) is 17.0 Å². The maximum Gasteiger partial charge on any atom is 0.417 e. The third-order valence-electron chi connectivity index (χ3n) is 12.8. The summed E-state index contributed by atoms with van der Waals surface area (Å²) in [7, 11) is 1.53. The molecule has 0 radical (unpaired) electrons. The Labute approximate surface area is 339 Å². The SMILES string of the molecule is COc1cc(N2CCN(CC3CCN(c4cc(F)c(C5CCN(c6ccc(C#N)c(C(F)(F)F)c6)CC5)c(F)c4)CC3)CC2)cc2c1C(=O)N(C1CCC(=O)NC1=O)C2. The molecule has 3 aromatic rings. The quantitative estimate of drug-likeness (QED) is 0.215. The summed E-state index contributed by atoms with van der Waals surface area (Å²) in [5.41, 5.74) is 1.64. The second kappa shape index (κ2) is 16.3. The van der Waals surface area contributed by atoms with Gasteiger partial charge in [-0.15, -0.1) is 0 Å². The van der Waals surface area contributed by atoms with Gasteiger partial charge < -0.3 is 24.3 Å². The topological polar surface area (TPSA) is 112 Å². The molecular weight excluding hydrogens is 774 g/mol. The van der Waals surface area contributed by atoms with Crippen molar-refractivity contribution in [2.75, 3.05) is 80.7 Å². The Morgan fingerprint density at radius 3 is 2.05 bits per heavy atom. The molecular formula is C43H46F5N7O4. The molecule has 0 spiro atoms. The van der Waals surface area contributed by atoms with Crippen LogP contribution in [-0.2, 0) is 22.3 Å². The fraction of sp³-hybridized carbons (Fsp3) is 0.488. The molecule has 3 aromatic carbocycles. The number of hydrogen-bond donors (Lipinski definition) is 1. The van der Waals surface area contributed by atoms with E-state index in [-0.39, 0.29) is 30.3 Å². The van der Waals surface area contributed by atoms with Crippen molar-refractivity contribution in [3.63, 3.8) is 0 Å². The Morgan fingerprint density at radius 2 is 1.42 bits per heavy atom. The van der Waals surface area contributed by atoms with Crippen LogP contribution in [0.15, 0.2) is 42.5 Å². The molecule has 0 bridgehead atoms. The van der Waals surface area contributed by atoms with E-state index < -0.39 is 46.8 Å². The first kappa shape index (κ1) is 40.4. The number of carbonyl (C=O) groups is 3. The fourth-order valence-electron chi connectivity index (χ4n) is 9.56. The smallest absolute Gasteiger partial charge is 0.417 e. The van der Waals surface area contributed by atoms with E-state index in [0.717, 1.165) is 68.9 Å². The molecule has 4 saturated heterocycles. The van der Waals surface area contributed by atoms with Crippen LogP contribution in [0.5, 0.6) is 5.75 Å². The zero-order chi connectivity index (χ0) is 41.6. The number of halogens is 5. The van der Waals surface area contributed by atoms with Gasteiger partial charge >= 0.3 is 6.18 Å². The molecule has 1 N–H and O–H groups in total. The van der Waals surface area contributed by atoms with E-state index >= 15 is 8.78 Å². The molecule has 5 aliphatic heterocycles. The molecule has 3 amide bonds. The third-order valence-corrected chi connectivity index (χ3v) is 12.8. The van der Waals surface area contributed by atoms with Crippen LogP contribution in [0.2, 0.25) is 0 Å². The van der Waals surface area contributed by atoms with Crippen LogP contribution < -0.4 is 24.8 Å². The number of carbonyl (C=O) groups excluding carboxylic acids is 3. The highest BCUT2D eigenvalue weighted by Crippen LogP contribution is 2.40. The highest BCUT2D eigenvalue weighted by atomic mass is 19.4. The number of nitrogens with one attached hydrogen (secondary N) is 1. The lowest BCUT2D eigenvalue weighted by molar-refractivity contribution is -0.138. The monoisotopic (exact) mass is 819 g/mol. The summed E-state index contributed by atoms with van der Waals surface area (Å²) in [4.78, 5) is 47.7. The minimum absolute atomic E-state index is 0.0271. The predicted octanol–water partition coefficient (Wildman–Crippen LogP) is 6.05. The van der Waals surface area contributed by atoms with Crippen LogP contribution in [0.1, 0.15) is 77.1 Å². The largest absolute Gasteiger partial charge is 0.496 e. The average Bonchev–Trinajstić information content (AvgIpc) is 3.55. The lowest BCUT2D eigenvalue weighted by atomic mass is 9.88. The van der Waals surface area contributed by atoms with Crippen molar-refractivity contribution in [1.29, 1.82) is 5.26 Å². The molecule has 0 aliphatic carbocycles. The van der Waals surface area contributed by atoms with E-state index in [4.69, 9.17) is 10.00 Å². The fourth-order valence-corrected chi connectivity index (χ4v) is 9.56. The standard InChI is InChI=1S/C43H46F5N7O4/c1-59-37-22-31(18-29-25-55(42(58)40(29)37)36-4-5-38(56)50-41(36)57)54-16-14-51(15-17-54)24-26-6-10-53(11-7-26)32-20-34(44)39(35(45)21-32)27-8-12-52(13-9-27)30-3-2-28(23-49)33(19-30)43(46,47)48/h2-3,18-22,26-27,36H,4-17,24-25H2,1H3,(H,50,56,57). The number of methoxy groups -OCH3 is 1. The van der Waals surface area contributed by atoms with Crippen LogP contribution in [-0.4, -0.2) is 99.6 Å². The molecule has 0 aromatic heterocycles. The van der Waals surface area contributed by atoms with Crippen molar-refractivity contribution < 1.29 is 41.1 Å². The van der Waals surface area contributed by atoms with Crippen molar-refractivity contribution >= 4 is 34.8 Å². The average molecular weight is 820 g/mol. The molecule has 5 aliphatic rings. The molecule has 59 heavy (non-hydrogen) atoms. The van der Waals surface area contributed by atoms with Crippen molar-refractivity contribution in [3.8, 4) is 11.8 Å². The van der Waals surface area contributed by atoms with Gasteiger partial charge in [-0.05, 0) is 85.9 Å². The van der Waals surface area contributed by atoms with Gasteiger partial charge in [-0.1, -0.05) is 0 Å². The van der Waals surface area contributed by atoms with Gasteiger partial charge in [-0.2, -0.15) is 18.4 Å². The molecule has 8 rings (SSSR count). The number of hydrogen-bond acceptors (Lipinski definition) is 9. The third kappa shape index (κ3) is 8.13. The number of imide groups is 1. The Morgan fingerprint density at radius 1 is 0.797 bits per heavy atom. The van der Waals surface area contributed by atoms with Crippen LogP contribution in [0, 0.1) is 28.9 Å². The second-order valence-electron chi connectivity index (χ2n) is 16.2. The van der Waals surface area contributed by atoms with Crippen LogP contribution in [0.25, 0.3) is 0 Å². The number of anilines is 3. The molecule has 11 nitrogen and oxygen atoms in total. The minimum Gasteiger partial charge on any atom is -0.496 e. The number of nitriles is 1. The Hall–Kier alpha value is -5.43. The van der Waals surface area contributed by atoms with Crippen LogP contribution >= 0.6 is 0 Å². The number of fused-ring (bicyclic) bond motifs is 1. The number of benzene rings is 3. The van der Waals surface area contributed by atoms with Gasteiger partial charge in [0.05, 0.1) is 29.9 Å². The molecule has 0 saturated carbocycles. The first-order chi connectivity index (χ1) is 28.3. The molecule has 16 heteroatoms. The van der Waals surface area contributed by atoms with Crippen molar-refractivity contribution in [3.05, 3.63) is 81.9 Å². The highest BCUT2D eigenvalue weighted by molar-refractivity contribution is 6.06. The van der Waals surface area contributed by atoms with Gasteiger partial charge in [0.15, 0.2) is 0 Å². The van der Waals surface area contributed by atoms with Crippen molar-refractivity contribution in [2.24, 2.45) is 5.92 Å². The number of rotatable bonds is 8. The first-order valence-electron chi connectivity index (χ1n) is 20.2. The number of piperidine rings is 3. The maximum atomic E-state index is 15.6. The second-order valence-corrected chi connectivity index (χ2v) is 16.2. The summed E-state index contributed by atoms with van der Waals surface area (Å²) in [6.45, 7) is 6.46. The molecule has 312 valence electrons. The van der Waals surface area contributed by atoms with E-state index in [9.17, 15) is 27.6 Å². The maximum absolute atomic E-state index is 15.6. The van der Waals surface area contributed by atoms with Gasteiger partial charge in [-0.3, -0.25) is 24.6 Å². The predicted molar refractivity (Wildman–Crippen MR) is 209 cm³/mol. The Kier molecular flexibility index (Phi) is 11.2. The van der Waals surface area contributed by atoms with Gasteiger partial charge in [0, 0.05) is 101 Å². The summed E-state index contributed by atoms with van der Waals surface area (Å²) in [6.07, 6.45) is -1.67. The van der Waals surface area contributed by atoms with Gasteiger partial charge in [0.25, 0.3) is 5.91 Å². The summed E-state index contributed by atoms with van der Waals surface area (Å²) >= 11 is 0. The van der Waals surface area contributed by atoms with Gasteiger partial charge in [0.2, 0.25) is 11.8 Å². The Bertz CT molecular complexity index is 2150. The lowest BCUT2D eigenvalue weighted by Gasteiger charge is -2.40. The number of amides is 3. The lowest BCUT2D eigenvalue weighted by Crippen LogP contribution is -2.52. The van der Waals surface area contributed by atoms with E-state index in [0.29, 0.717) is 74.0 Å². The molecule has 5 heterocycles. The number of alkyl halides is 3. The zero-order valence-corrected chi connectivity index (χ0v) is 32.8. The van der Waals surface area contributed by atoms with Crippen molar-refractivity contribution in [1.82, 2.24) is 15.1 Å². The highest BCUT2D eigenvalue weighted by Gasteiger charge is 2.41. The molecule has 1 unspecified atom stereocenters. The Balaban J connectivity index is 0.820. The number of ether oxygens (including phenoxy) is 1. The summed E-state index contributed by atoms with van der Waals surface area (Å²) in [5.74, 6) is -1.76. The van der Waals surface area contributed by atoms with Crippen LogP contribution in [0.4, 0.5) is 39.0 Å². The van der Waals surface area contributed by atoms with E-state index in [1.54, 1.807) is 11.0 Å². The minimum atomic E-state index is -4.67. The molecule has 4 fully saturated rings. The number of nitrogens with zero attached hydrogens (tertiary/aromatic N) is 6. The summed E-state index contributed by atoms with van der Waals surface area (Å²) in [5, 5.41) is 11.5.